The Morgan fingerprint density at radius 3 is 2.53 bits per heavy atom. The number of carbonyl (C=O) groups excluding carboxylic acids is 1. The molecule has 0 fully saturated rings. The molecule has 0 aliphatic rings. The van der Waals surface area contributed by atoms with Crippen LogP contribution in [0.1, 0.15) is 20.7 Å². The second kappa shape index (κ2) is 8.13. The lowest BCUT2D eigenvalue weighted by Crippen LogP contribution is -2.12. The van der Waals surface area contributed by atoms with Crippen LogP contribution in [-0.2, 0) is 0 Å². The Bertz CT molecular complexity index is 1450. The zero-order chi connectivity index (χ0) is 22.1. The minimum Gasteiger partial charge on any atom is -0.478 e. The summed E-state index contributed by atoms with van der Waals surface area (Å²) in [5.41, 5.74) is 3.19. The average molecular weight is 439 g/mol. The van der Waals surface area contributed by atoms with Crippen molar-refractivity contribution in [1.82, 2.24) is 9.78 Å². The van der Waals surface area contributed by atoms with E-state index in [2.05, 4.69) is 5.32 Å². The number of fused-ring (bicyclic) bond motifs is 1. The number of nitrogens with zero attached hydrogens (tertiary/aromatic N) is 2. The fraction of sp³-hybridized carbons (Fsp3) is 0. The number of anilines is 1. The van der Waals surface area contributed by atoms with Crippen LogP contribution < -0.4 is 5.32 Å². The van der Waals surface area contributed by atoms with Gasteiger partial charge in [-0.3, -0.25) is 4.79 Å². The molecule has 1 amide bonds. The van der Waals surface area contributed by atoms with E-state index < -0.39 is 5.97 Å². The van der Waals surface area contributed by atoms with Crippen molar-refractivity contribution in [2.24, 2.45) is 0 Å². The molecule has 2 N–H and O–H groups in total. The SMILES string of the molecule is O=C(O)c1cccc(NC(=O)c2cn(-c3ccccc3)nc2-c2csc3ccccc23)c1. The van der Waals surface area contributed by atoms with Crippen LogP contribution in [0, 0.1) is 0 Å². The number of carbonyl (C=O) groups is 2. The van der Waals surface area contributed by atoms with Crippen molar-refractivity contribution < 1.29 is 14.7 Å². The Hall–Kier alpha value is -4.23. The summed E-state index contributed by atoms with van der Waals surface area (Å²) in [7, 11) is 0. The molecule has 5 aromatic rings. The molecule has 2 aromatic heterocycles. The third-order valence-electron chi connectivity index (χ3n) is 5.08. The summed E-state index contributed by atoms with van der Waals surface area (Å²) in [4.78, 5) is 24.6. The van der Waals surface area contributed by atoms with Gasteiger partial charge in [-0.25, -0.2) is 9.48 Å². The van der Waals surface area contributed by atoms with E-state index in [-0.39, 0.29) is 11.5 Å². The fourth-order valence-electron chi connectivity index (χ4n) is 3.54. The third-order valence-corrected chi connectivity index (χ3v) is 6.05. The molecule has 7 heteroatoms. The van der Waals surface area contributed by atoms with Crippen molar-refractivity contribution in [3.8, 4) is 16.9 Å². The van der Waals surface area contributed by atoms with Gasteiger partial charge in [0.05, 0.1) is 16.8 Å². The summed E-state index contributed by atoms with van der Waals surface area (Å²) in [6.45, 7) is 0. The number of hydrogen-bond acceptors (Lipinski definition) is 4. The molecule has 0 aliphatic carbocycles. The molecule has 156 valence electrons. The topological polar surface area (TPSA) is 84.2 Å². The smallest absolute Gasteiger partial charge is 0.335 e. The van der Waals surface area contributed by atoms with E-state index in [1.165, 1.54) is 12.1 Å². The van der Waals surface area contributed by atoms with E-state index in [0.29, 0.717) is 16.9 Å². The molecule has 5 rings (SSSR count). The maximum atomic E-state index is 13.3. The molecule has 3 aromatic carbocycles. The first kappa shape index (κ1) is 19.7. The molecule has 0 saturated carbocycles. The van der Waals surface area contributed by atoms with Crippen molar-refractivity contribution >= 4 is 39.0 Å². The van der Waals surface area contributed by atoms with Gasteiger partial charge in [0.15, 0.2) is 0 Å². The number of thiophene rings is 1. The van der Waals surface area contributed by atoms with E-state index in [1.807, 2.05) is 60.0 Å². The summed E-state index contributed by atoms with van der Waals surface area (Å²) >= 11 is 1.60. The lowest BCUT2D eigenvalue weighted by atomic mass is 10.1. The normalized spacial score (nSPS) is 10.9. The first-order chi connectivity index (χ1) is 15.6. The highest BCUT2D eigenvalue weighted by molar-refractivity contribution is 7.17. The van der Waals surface area contributed by atoms with Crippen LogP contribution in [0.25, 0.3) is 27.0 Å². The quantitative estimate of drug-likeness (QED) is 0.368. The minimum absolute atomic E-state index is 0.104. The number of amides is 1. The van der Waals surface area contributed by atoms with Crippen LogP contribution >= 0.6 is 11.3 Å². The van der Waals surface area contributed by atoms with Crippen molar-refractivity contribution in [1.29, 1.82) is 0 Å². The molecular formula is C25H17N3O3S. The van der Waals surface area contributed by atoms with Crippen LogP contribution in [0.3, 0.4) is 0 Å². The Morgan fingerprint density at radius 1 is 0.938 bits per heavy atom. The number of rotatable bonds is 5. The standard InChI is InChI=1S/C25H17N3O3S/c29-24(26-17-8-6-7-16(13-17)25(30)31)20-14-28(18-9-2-1-3-10-18)27-23(20)21-15-32-22-12-5-4-11-19(21)22/h1-15H,(H,26,29)(H,30,31). The van der Waals surface area contributed by atoms with Crippen molar-refractivity contribution in [3.05, 3.63) is 102 Å². The Kier molecular flexibility index (Phi) is 5.01. The van der Waals surface area contributed by atoms with Crippen molar-refractivity contribution in [2.75, 3.05) is 5.32 Å². The molecule has 6 nitrogen and oxygen atoms in total. The van der Waals surface area contributed by atoms with Gasteiger partial charge in [-0.2, -0.15) is 5.10 Å². The van der Waals surface area contributed by atoms with Gasteiger partial charge in [0.2, 0.25) is 0 Å². The Morgan fingerprint density at radius 2 is 1.72 bits per heavy atom. The molecule has 0 saturated heterocycles. The van der Waals surface area contributed by atoms with Crippen molar-refractivity contribution in [3.63, 3.8) is 0 Å². The number of nitrogens with one attached hydrogen (secondary N) is 1. The molecule has 0 spiro atoms. The molecule has 0 atom stereocenters. The maximum Gasteiger partial charge on any atom is 0.335 e. The zero-order valence-electron chi connectivity index (χ0n) is 16.7. The van der Waals surface area contributed by atoms with Crippen LogP contribution in [0.2, 0.25) is 0 Å². The largest absolute Gasteiger partial charge is 0.478 e. The monoisotopic (exact) mass is 439 g/mol. The minimum atomic E-state index is -1.05. The third kappa shape index (κ3) is 3.66. The molecule has 0 unspecified atom stereocenters. The van der Waals surface area contributed by atoms with E-state index in [9.17, 15) is 14.7 Å². The number of hydrogen-bond donors (Lipinski definition) is 2. The van der Waals surface area contributed by atoms with Gasteiger partial charge < -0.3 is 10.4 Å². The Balaban J connectivity index is 1.60. The van der Waals surface area contributed by atoms with Crippen LogP contribution in [0.4, 0.5) is 5.69 Å². The zero-order valence-corrected chi connectivity index (χ0v) is 17.5. The number of benzene rings is 3. The summed E-state index contributed by atoms with van der Waals surface area (Å²) in [6.07, 6.45) is 1.70. The summed E-state index contributed by atoms with van der Waals surface area (Å²) in [6, 6.07) is 23.7. The summed E-state index contributed by atoms with van der Waals surface area (Å²) in [5.74, 6) is -1.41. The van der Waals surface area contributed by atoms with Gasteiger partial charge in [0.25, 0.3) is 5.91 Å². The second-order valence-corrected chi connectivity index (χ2v) is 8.07. The number of carboxylic acids is 1. The molecule has 0 bridgehead atoms. The predicted molar refractivity (Wildman–Crippen MR) is 126 cm³/mol. The molecule has 0 aliphatic heterocycles. The second-order valence-electron chi connectivity index (χ2n) is 7.16. The van der Waals surface area contributed by atoms with Gasteiger partial charge in [-0.15, -0.1) is 11.3 Å². The van der Waals surface area contributed by atoms with E-state index in [4.69, 9.17) is 5.10 Å². The van der Waals surface area contributed by atoms with E-state index >= 15 is 0 Å². The van der Waals surface area contributed by atoms with Crippen LogP contribution in [0.5, 0.6) is 0 Å². The summed E-state index contributed by atoms with van der Waals surface area (Å²) in [5, 5.41) is 19.8. The van der Waals surface area contributed by atoms with Crippen LogP contribution in [0.15, 0.2) is 90.4 Å². The molecule has 0 radical (unpaired) electrons. The maximum absolute atomic E-state index is 13.3. The van der Waals surface area contributed by atoms with Crippen LogP contribution in [-0.4, -0.2) is 26.8 Å². The number of aromatic carboxylic acids is 1. The highest BCUT2D eigenvalue weighted by Crippen LogP contribution is 2.35. The van der Waals surface area contributed by atoms with Gasteiger partial charge in [-0.1, -0.05) is 42.5 Å². The molecule has 32 heavy (non-hydrogen) atoms. The van der Waals surface area contributed by atoms with Gasteiger partial charge in [0.1, 0.15) is 5.69 Å². The first-order valence-corrected chi connectivity index (χ1v) is 10.7. The van der Waals surface area contributed by atoms with Crippen molar-refractivity contribution in [2.45, 2.75) is 0 Å². The van der Waals surface area contributed by atoms with E-state index in [0.717, 1.165) is 21.3 Å². The van der Waals surface area contributed by atoms with Gasteiger partial charge in [0, 0.05) is 32.9 Å². The highest BCUT2D eigenvalue weighted by atomic mass is 32.1. The number of para-hydroxylation sites is 1. The highest BCUT2D eigenvalue weighted by Gasteiger charge is 2.21. The number of carboxylic acid groups (broad SMARTS) is 1. The lowest BCUT2D eigenvalue weighted by molar-refractivity contribution is 0.0696. The van der Waals surface area contributed by atoms with Gasteiger partial charge >= 0.3 is 5.97 Å². The summed E-state index contributed by atoms with van der Waals surface area (Å²) < 4.78 is 2.79. The molecular weight excluding hydrogens is 422 g/mol. The number of aromatic nitrogens is 2. The Labute approximate surface area is 187 Å². The molecule has 2 heterocycles. The predicted octanol–water partition coefficient (Wildman–Crippen LogP) is 5.70. The lowest BCUT2D eigenvalue weighted by Gasteiger charge is -2.06. The fourth-order valence-corrected chi connectivity index (χ4v) is 4.49. The first-order valence-electron chi connectivity index (χ1n) is 9.86. The van der Waals surface area contributed by atoms with E-state index in [1.54, 1.807) is 34.3 Å². The average Bonchev–Trinajstić information content (AvgIpc) is 3.44. The van der Waals surface area contributed by atoms with Gasteiger partial charge in [-0.05, 0) is 36.4 Å².